The van der Waals surface area contributed by atoms with Crippen molar-refractivity contribution in [3.8, 4) is 0 Å². The summed E-state index contributed by atoms with van der Waals surface area (Å²) in [5.74, 6) is -1.43. The van der Waals surface area contributed by atoms with E-state index < -0.39 is 27.5 Å². The van der Waals surface area contributed by atoms with Gasteiger partial charge in [0.15, 0.2) is 0 Å². The molecule has 0 aliphatic heterocycles. The number of nitrogens with two attached hydrogens (primary N) is 3. The summed E-state index contributed by atoms with van der Waals surface area (Å²) in [6.45, 7) is 1.50. The third-order valence-corrected chi connectivity index (χ3v) is 6.29. The van der Waals surface area contributed by atoms with Crippen LogP contribution in [0.5, 0.6) is 0 Å². The van der Waals surface area contributed by atoms with Gasteiger partial charge in [0.05, 0.1) is 5.75 Å². The first-order valence-corrected chi connectivity index (χ1v) is 11.9. The van der Waals surface area contributed by atoms with Gasteiger partial charge in [-0.2, -0.15) is 0 Å². The minimum Gasteiger partial charge on any atom is -0.393 e. The number of primary amides is 1. The van der Waals surface area contributed by atoms with Gasteiger partial charge in [-0.1, -0.05) is 42.5 Å². The fraction of sp³-hybridized carbons (Fsp3) is 0.227. The number of amides is 1. The highest BCUT2D eigenvalue weighted by Gasteiger charge is 2.23. The van der Waals surface area contributed by atoms with Gasteiger partial charge in [0.2, 0.25) is 21.9 Å². The van der Waals surface area contributed by atoms with Gasteiger partial charge in [-0.25, -0.2) is 8.42 Å². The van der Waals surface area contributed by atoms with E-state index in [0.29, 0.717) is 11.3 Å². The van der Waals surface area contributed by atoms with E-state index in [0.717, 1.165) is 15.3 Å². The number of aryl methyl sites for hydroxylation is 1. The molecule has 0 aliphatic carbocycles. The molecule has 180 valence electrons. The minimum absolute atomic E-state index is 0.0137. The highest BCUT2D eigenvalue weighted by Crippen LogP contribution is 2.19. The normalized spacial score (nSPS) is 12.1. The molecule has 0 aliphatic rings. The Morgan fingerprint density at radius 2 is 1.79 bits per heavy atom. The molecule has 2 aromatic carbocycles. The minimum atomic E-state index is -3.93. The molecule has 1 heterocycles. The molecule has 0 spiro atoms. The Kier molecular flexibility index (Phi) is 7.41. The summed E-state index contributed by atoms with van der Waals surface area (Å²) in [5.41, 5.74) is 15.9. The fourth-order valence-corrected chi connectivity index (χ4v) is 4.73. The summed E-state index contributed by atoms with van der Waals surface area (Å²) in [6, 6.07) is 14.7. The molecule has 1 amide bonds. The van der Waals surface area contributed by atoms with Gasteiger partial charge in [0, 0.05) is 12.1 Å². The zero-order chi connectivity index (χ0) is 24.9. The number of aromatic nitrogens is 1. The second-order valence-electron chi connectivity index (χ2n) is 7.66. The number of carbonyl (C=O) groups excluding carboxylic acids is 1. The van der Waals surface area contributed by atoms with E-state index >= 15 is 0 Å². The number of nitrogens with zero attached hydrogens (tertiary/aromatic N) is 2. The monoisotopic (exact) mass is 486 g/mol. The second kappa shape index (κ2) is 10.3. The van der Waals surface area contributed by atoms with Crippen LogP contribution in [0.1, 0.15) is 23.7 Å². The molecule has 7 N–H and O–H groups in total. The zero-order valence-corrected chi connectivity index (χ0v) is 19.3. The van der Waals surface area contributed by atoms with Gasteiger partial charge < -0.3 is 22.0 Å². The second-order valence-corrected chi connectivity index (χ2v) is 9.38. The number of hydrogen-bond acceptors (Lipinski definition) is 6. The maximum absolute atomic E-state index is 13.1. The maximum Gasteiger partial charge on any atom is 0.275 e. The molecule has 1 aromatic heterocycles. The Hall–Kier alpha value is -4.06. The Labute approximate surface area is 196 Å². The molecule has 0 saturated heterocycles. The summed E-state index contributed by atoms with van der Waals surface area (Å²) < 4.78 is 29.1. The molecule has 3 aromatic rings. The first-order valence-electron chi connectivity index (χ1n) is 10.3. The number of nitrogens with one attached hydrogen (secondary N) is 1. The number of guanidine groups is 1. The number of hydrogen-bond donors (Lipinski definition) is 4. The molecule has 0 bridgehead atoms. The Morgan fingerprint density at radius 3 is 2.47 bits per heavy atom. The third-order valence-electron chi connectivity index (χ3n) is 5.05. The standard InChI is InChI=1S/C22H26N6O5S/c1-14-6-9-18(21(30)28(14)19(20(23)29)10-11-33-26-22(24)25)27-34(31,32)13-15-7-8-16-4-2-3-5-17(16)12-15/h2-9,12,19,27H,10-11,13H2,1H3,(H2,23,29)(H4,24,25,26). The van der Waals surface area contributed by atoms with Gasteiger partial charge in [0.1, 0.15) is 18.3 Å². The summed E-state index contributed by atoms with van der Waals surface area (Å²) >= 11 is 0. The molecular weight excluding hydrogens is 460 g/mol. The number of oxime groups is 1. The lowest BCUT2D eigenvalue weighted by Crippen LogP contribution is -2.37. The van der Waals surface area contributed by atoms with Crippen LogP contribution in [-0.2, 0) is 25.4 Å². The Bertz CT molecular complexity index is 1400. The predicted octanol–water partition coefficient (Wildman–Crippen LogP) is 0.873. The van der Waals surface area contributed by atoms with Gasteiger partial charge in [-0.05, 0) is 40.5 Å². The SMILES string of the molecule is Cc1ccc(NS(=O)(=O)Cc2ccc3ccccc3c2)c(=O)n1C(CCON=C(N)N)C(N)=O. The number of fused-ring (bicyclic) bond motifs is 1. The van der Waals surface area contributed by atoms with Gasteiger partial charge >= 0.3 is 0 Å². The van der Waals surface area contributed by atoms with Crippen LogP contribution < -0.4 is 27.5 Å². The first kappa shape index (κ1) is 24.6. The summed E-state index contributed by atoms with van der Waals surface area (Å²) in [5, 5.41) is 5.25. The number of rotatable bonds is 10. The summed E-state index contributed by atoms with van der Waals surface area (Å²) in [7, 11) is -3.93. The molecule has 11 nitrogen and oxygen atoms in total. The van der Waals surface area contributed by atoms with Crippen molar-refractivity contribution in [3.05, 3.63) is 76.2 Å². The molecule has 0 radical (unpaired) electrons. The number of anilines is 1. The van der Waals surface area contributed by atoms with E-state index in [1.54, 1.807) is 19.1 Å². The lowest BCUT2D eigenvalue weighted by Gasteiger charge is -2.20. The Morgan fingerprint density at radius 1 is 1.09 bits per heavy atom. The first-order chi connectivity index (χ1) is 16.1. The smallest absolute Gasteiger partial charge is 0.275 e. The van der Waals surface area contributed by atoms with Crippen molar-refractivity contribution in [3.63, 3.8) is 0 Å². The molecule has 0 saturated carbocycles. The van der Waals surface area contributed by atoms with Crippen molar-refractivity contribution < 1.29 is 18.0 Å². The zero-order valence-electron chi connectivity index (χ0n) is 18.5. The van der Waals surface area contributed by atoms with Gasteiger partial charge in [-0.15, -0.1) is 0 Å². The van der Waals surface area contributed by atoms with Crippen LogP contribution in [0.3, 0.4) is 0 Å². The van der Waals surface area contributed by atoms with Crippen LogP contribution in [-0.4, -0.2) is 31.5 Å². The molecule has 3 rings (SSSR count). The summed E-state index contributed by atoms with van der Waals surface area (Å²) in [6.07, 6.45) is -0.0137. The van der Waals surface area contributed by atoms with E-state index in [-0.39, 0.29) is 30.4 Å². The van der Waals surface area contributed by atoms with Gasteiger partial charge in [-0.3, -0.25) is 18.9 Å². The van der Waals surface area contributed by atoms with Crippen LogP contribution >= 0.6 is 0 Å². The Balaban J connectivity index is 1.85. The number of pyridine rings is 1. The van der Waals surface area contributed by atoms with Crippen LogP contribution in [0, 0.1) is 6.92 Å². The molecule has 1 unspecified atom stereocenters. The average molecular weight is 487 g/mol. The number of benzene rings is 2. The van der Waals surface area contributed by atoms with Crippen molar-refractivity contribution in [2.75, 3.05) is 11.3 Å². The third kappa shape index (κ3) is 6.04. The van der Waals surface area contributed by atoms with Crippen molar-refractivity contribution in [2.24, 2.45) is 22.4 Å². The lowest BCUT2D eigenvalue weighted by molar-refractivity contribution is -0.121. The van der Waals surface area contributed by atoms with E-state index in [1.807, 2.05) is 30.3 Å². The van der Waals surface area contributed by atoms with E-state index in [2.05, 4.69) is 9.88 Å². The largest absolute Gasteiger partial charge is 0.393 e. The summed E-state index contributed by atoms with van der Waals surface area (Å²) in [4.78, 5) is 30.0. The van der Waals surface area contributed by atoms with Crippen LogP contribution in [0.15, 0.2) is 64.5 Å². The molecule has 34 heavy (non-hydrogen) atoms. The van der Waals surface area contributed by atoms with E-state index in [9.17, 15) is 18.0 Å². The van der Waals surface area contributed by atoms with Crippen LogP contribution in [0.2, 0.25) is 0 Å². The highest BCUT2D eigenvalue weighted by molar-refractivity contribution is 7.91. The quantitative estimate of drug-likeness (QED) is 0.142. The predicted molar refractivity (Wildman–Crippen MR) is 130 cm³/mol. The fourth-order valence-electron chi connectivity index (χ4n) is 3.55. The maximum atomic E-state index is 13.1. The van der Waals surface area contributed by atoms with Gasteiger partial charge in [0.25, 0.3) is 5.56 Å². The molecule has 1 atom stereocenters. The number of sulfonamides is 1. The topological polar surface area (TPSA) is 185 Å². The van der Waals surface area contributed by atoms with Crippen LogP contribution in [0.25, 0.3) is 10.8 Å². The van der Waals surface area contributed by atoms with E-state index in [1.165, 1.54) is 12.1 Å². The molecular formula is C22H26N6O5S. The average Bonchev–Trinajstić information content (AvgIpc) is 2.76. The van der Waals surface area contributed by atoms with Crippen molar-refractivity contribution in [1.29, 1.82) is 0 Å². The lowest BCUT2D eigenvalue weighted by atomic mass is 10.1. The highest BCUT2D eigenvalue weighted by atomic mass is 32.2. The molecule has 0 fully saturated rings. The molecule has 12 heteroatoms. The van der Waals surface area contributed by atoms with Crippen molar-refractivity contribution in [1.82, 2.24) is 4.57 Å². The van der Waals surface area contributed by atoms with Crippen molar-refractivity contribution >= 4 is 38.3 Å². The number of carbonyl (C=O) groups is 1. The van der Waals surface area contributed by atoms with E-state index in [4.69, 9.17) is 22.0 Å². The van der Waals surface area contributed by atoms with Crippen LogP contribution in [0.4, 0.5) is 5.69 Å². The van der Waals surface area contributed by atoms with Crippen molar-refractivity contribution in [2.45, 2.75) is 25.1 Å².